The number of hydrogen-bond acceptors (Lipinski definition) is 8. The minimum Gasteiger partial charge on any atom is -0.394 e. The number of hydrogen-bond donors (Lipinski definition) is 6. The van der Waals surface area contributed by atoms with Crippen molar-refractivity contribution in [2.24, 2.45) is 0 Å². The third-order valence-corrected chi connectivity index (χ3v) is 8.74. The Balaban J connectivity index is 1.78. The van der Waals surface area contributed by atoms with Gasteiger partial charge in [-0.2, -0.15) is 0 Å². The van der Waals surface area contributed by atoms with Crippen LogP contribution >= 0.6 is 0 Å². The number of aliphatic hydroxyl groups excluding tert-OH is 6. The average Bonchev–Trinajstić information content (AvgIpc) is 2.97. The van der Waals surface area contributed by atoms with Crippen molar-refractivity contribution in [3.8, 4) is 0 Å². The molecule has 7 unspecified atom stereocenters. The fraction of sp³-hybridized carbons (Fsp3) is 1.00. The lowest BCUT2D eigenvalue weighted by molar-refractivity contribution is -0.301. The van der Waals surface area contributed by atoms with Crippen molar-refractivity contribution in [1.82, 2.24) is 0 Å². The van der Waals surface area contributed by atoms with Crippen LogP contribution in [0.1, 0.15) is 161 Å². The summed E-state index contributed by atoms with van der Waals surface area (Å²) in [5.74, 6) is 0. The van der Waals surface area contributed by atoms with E-state index in [9.17, 15) is 30.6 Å². The molecule has 1 saturated heterocycles. The Labute approximate surface area is 257 Å². The van der Waals surface area contributed by atoms with E-state index in [1.807, 2.05) is 6.92 Å². The van der Waals surface area contributed by atoms with Crippen LogP contribution < -0.4 is 0 Å². The summed E-state index contributed by atoms with van der Waals surface area (Å²) in [6.45, 7) is 1.56. The molecule has 8 heteroatoms. The van der Waals surface area contributed by atoms with Gasteiger partial charge in [0.2, 0.25) is 0 Å². The first-order valence-electron chi connectivity index (χ1n) is 17.6. The van der Waals surface area contributed by atoms with Gasteiger partial charge in [0.1, 0.15) is 24.4 Å². The van der Waals surface area contributed by atoms with Crippen LogP contribution in [0.5, 0.6) is 0 Å². The Morgan fingerprint density at radius 2 is 0.905 bits per heavy atom. The zero-order chi connectivity index (χ0) is 30.8. The zero-order valence-electron chi connectivity index (χ0n) is 26.9. The lowest BCUT2D eigenvalue weighted by atomic mass is 9.99. The van der Waals surface area contributed by atoms with Crippen molar-refractivity contribution in [2.75, 3.05) is 13.2 Å². The molecule has 8 nitrogen and oxygen atoms in total. The minimum atomic E-state index is -1.44. The van der Waals surface area contributed by atoms with Gasteiger partial charge in [-0.15, -0.1) is 0 Å². The molecule has 0 radical (unpaired) electrons. The predicted molar refractivity (Wildman–Crippen MR) is 168 cm³/mol. The van der Waals surface area contributed by atoms with E-state index in [1.165, 1.54) is 122 Å². The van der Waals surface area contributed by atoms with E-state index < -0.39 is 43.4 Å². The van der Waals surface area contributed by atoms with Gasteiger partial charge in [-0.05, 0) is 26.2 Å². The Morgan fingerprint density at radius 3 is 1.29 bits per heavy atom. The number of aliphatic hydroxyl groups is 6. The number of rotatable bonds is 29. The quantitative estimate of drug-likeness (QED) is 0.0580. The van der Waals surface area contributed by atoms with Gasteiger partial charge in [-0.3, -0.25) is 0 Å². The van der Waals surface area contributed by atoms with Crippen LogP contribution in [0, 0.1) is 0 Å². The van der Waals surface area contributed by atoms with E-state index in [0.717, 1.165) is 19.3 Å². The monoisotopic (exact) mass is 604 g/mol. The molecule has 1 rings (SSSR count). The summed E-state index contributed by atoms with van der Waals surface area (Å²) in [7, 11) is 0. The largest absolute Gasteiger partial charge is 0.394 e. The molecule has 0 bridgehead atoms. The third-order valence-electron chi connectivity index (χ3n) is 8.74. The molecule has 1 fully saturated rings. The van der Waals surface area contributed by atoms with Gasteiger partial charge in [-0.25, -0.2) is 0 Å². The highest BCUT2D eigenvalue weighted by Crippen LogP contribution is 2.22. The Kier molecular flexibility index (Phi) is 25.6. The highest BCUT2D eigenvalue weighted by Gasteiger charge is 2.43. The topological polar surface area (TPSA) is 140 Å². The molecule has 0 aromatic heterocycles. The van der Waals surface area contributed by atoms with Crippen LogP contribution in [0.4, 0.5) is 0 Å². The summed E-state index contributed by atoms with van der Waals surface area (Å²) < 4.78 is 10.8. The van der Waals surface area contributed by atoms with Crippen molar-refractivity contribution in [3.63, 3.8) is 0 Å². The molecular formula is C34H68O8. The average molecular weight is 605 g/mol. The second-order valence-corrected chi connectivity index (χ2v) is 12.9. The molecule has 0 saturated carbocycles. The van der Waals surface area contributed by atoms with E-state index in [2.05, 4.69) is 0 Å². The van der Waals surface area contributed by atoms with Crippen LogP contribution in [-0.4, -0.2) is 86.8 Å². The van der Waals surface area contributed by atoms with Crippen LogP contribution in [0.25, 0.3) is 0 Å². The lowest BCUT2D eigenvalue weighted by Gasteiger charge is -2.39. The molecule has 1 aliphatic rings. The van der Waals surface area contributed by atoms with Gasteiger partial charge in [0.25, 0.3) is 0 Å². The molecule has 1 heterocycles. The molecule has 6 N–H and O–H groups in total. The van der Waals surface area contributed by atoms with Gasteiger partial charge < -0.3 is 40.1 Å². The van der Waals surface area contributed by atoms with Crippen molar-refractivity contribution in [2.45, 2.75) is 204 Å². The normalized spacial score (nSPS) is 24.2. The minimum absolute atomic E-state index is 0.131. The van der Waals surface area contributed by atoms with Crippen molar-refractivity contribution in [1.29, 1.82) is 0 Å². The summed E-state index contributed by atoms with van der Waals surface area (Å²) in [6, 6.07) is 0. The molecule has 42 heavy (non-hydrogen) atoms. The smallest absolute Gasteiger partial charge is 0.186 e. The molecular weight excluding hydrogens is 536 g/mol. The summed E-state index contributed by atoms with van der Waals surface area (Å²) in [6.07, 6.45) is 22.7. The first-order chi connectivity index (χ1) is 20.4. The molecule has 0 aromatic carbocycles. The lowest BCUT2D eigenvalue weighted by Crippen LogP contribution is -2.59. The Bertz CT molecular complexity index is 576. The molecule has 0 aromatic rings. The second kappa shape index (κ2) is 27.0. The zero-order valence-corrected chi connectivity index (χ0v) is 26.9. The fourth-order valence-electron chi connectivity index (χ4n) is 5.85. The highest BCUT2D eigenvalue weighted by atomic mass is 16.7. The maximum atomic E-state index is 10.2. The summed E-state index contributed by atoms with van der Waals surface area (Å²) in [5, 5.41) is 58.3. The molecule has 1 aliphatic heterocycles. The third kappa shape index (κ3) is 20.6. The van der Waals surface area contributed by atoms with Crippen molar-refractivity contribution >= 4 is 0 Å². The number of unbranched alkanes of at least 4 members (excludes halogenated alkanes) is 20. The van der Waals surface area contributed by atoms with Crippen LogP contribution in [0.2, 0.25) is 0 Å². The molecule has 0 amide bonds. The summed E-state index contributed by atoms with van der Waals surface area (Å²) in [5.41, 5.74) is 0. The highest BCUT2D eigenvalue weighted by molar-refractivity contribution is 4.88. The van der Waals surface area contributed by atoms with Gasteiger partial charge in [0.15, 0.2) is 6.29 Å². The van der Waals surface area contributed by atoms with Crippen LogP contribution in [0.15, 0.2) is 0 Å². The summed E-state index contributed by atoms with van der Waals surface area (Å²) >= 11 is 0. The Morgan fingerprint density at radius 1 is 0.524 bits per heavy atom. The van der Waals surface area contributed by atoms with Crippen molar-refractivity contribution < 1.29 is 40.1 Å². The predicted octanol–water partition coefficient (Wildman–Crippen LogP) is 5.91. The van der Waals surface area contributed by atoms with E-state index in [0.29, 0.717) is 12.8 Å². The van der Waals surface area contributed by atoms with Gasteiger partial charge in [-0.1, -0.05) is 135 Å². The van der Waals surface area contributed by atoms with Gasteiger partial charge in [0, 0.05) is 0 Å². The van der Waals surface area contributed by atoms with Gasteiger partial charge >= 0.3 is 0 Å². The molecule has 252 valence electrons. The maximum absolute atomic E-state index is 10.2. The van der Waals surface area contributed by atoms with Gasteiger partial charge in [0.05, 0.1) is 25.4 Å². The first kappa shape index (κ1) is 39.7. The van der Waals surface area contributed by atoms with Crippen LogP contribution in [-0.2, 0) is 9.47 Å². The first-order valence-corrected chi connectivity index (χ1v) is 17.6. The standard InChI is InChI=1S/C34H68O8/c1-28(36)23-21-19-17-15-13-11-9-7-5-3-2-4-6-8-10-12-14-16-18-20-22-24-29(37)25-26-41-34-33(40)32(39)31(38)30(27-35)42-34/h28-40H,2-27H2,1H3. The van der Waals surface area contributed by atoms with Crippen molar-refractivity contribution in [3.05, 3.63) is 0 Å². The summed E-state index contributed by atoms with van der Waals surface area (Å²) in [4.78, 5) is 0. The Hall–Kier alpha value is -0.320. The second-order valence-electron chi connectivity index (χ2n) is 12.9. The number of ether oxygens (including phenoxy) is 2. The van der Waals surface area contributed by atoms with Crippen LogP contribution in [0.3, 0.4) is 0 Å². The van der Waals surface area contributed by atoms with E-state index >= 15 is 0 Å². The fourth-order valence-corrected chi connectivity index (χ4v) is 5.85. The van der Waals surface area contributed by atoms with E-state index in [-0.39, 0.29) is 12.7 Å². The van der Waals surface area contributed by atoms with E-state index in [4.69, 9.17) is 9.47 Å². The molecule has 7 atom stereocenters. The maximum Gasteiger partial charge on any atom is 0.186 e. The molecule has 0 aliphatic carbocycles. The van der Waals surface area contributed by atoms with E-state index in [1.54, 1.807) is 0 Å². The molecule has 0 spiro atoms. The SMILES string of the molecule is CC(O)CCCCCCCCCCCCCCCCCCCCCCCC(O)CCOC1OC(CO)C(O)C(O)C1O.